The Morgan fingerprint density at radius 3 is 1.67 bits per heavy atom. The van der Waals surface area contributed by atoms with E-state index < -0.39 is 0 Å². The van der Waals surface area contributed by atoms with Gasteiger partial charge < -0.3 is 11.1 Å². The van der Waals surface area contributed by atoms with Crippen LogP contribution in [-0.2, 0) is 0 Å². The highest BCUT2D eigenvalue weighted by Crippen LogP contribution is 2.26. The van der Waals surface area contributed by atoms with Gasteiger partial charge in [-0.1, -0.05) is 127 Å². The molecule has 0 atom stereocenters. The molecule has 3 N–H and O–H groups in total. The van der Waals surface area contributed by atoms with E-state index in [-0.39, 0.29) is 0 Å². The molecular weight excluding hydrogens is 661 g/mol. The first-order valence-electron chi connectivity index (χ1n) is 18.0. The lowest BCUT2D eigenvalue weighted by Gasteiger charge is -2.10. The highest BCUT2D eigenvalue weighted by atomic mass is 15.0. The number of nitrogens with zero attached hydrogens (tertiary/aromatic N) is 4. The van der Waals surface area contributed by atoms with Crippen LogP contribution in [-0.4, -0.2) is 19.4 Å². The van der Waals surface area contributed by atoms with Crippen molar-refractivity contribution >= 4 is 66.3 Å². The van der Waals surface area contributed by atoms with E-state index in [0.29, 0.717) is 5.82 Å². The second-order valence-corrected chi connectivity index (χ2v) is 13.0. The number of imidazole rings is 1. The fourth-order valence-electron chi connectivity index (χ4n) is 6.25. The molecule has 0 bridgehead atoms. The van der Waals surface area contributed by atoms with E-state index in [1.807, 2.05) is 79.0 Å². The quantitative estimate of drug-likeness (QED) is 0.187. The van der Waals surface area contributed by atoms with Crippen LogP contribution in [0.5, 0.6) is 0 Å². The number of aromatic nitrogens is 4. The van der Waals surface area contributed by atoms with Crippen molar-refractivity contribution in [2.45, 2.75) is 20.8 Å². The van der Waals surface area contributed by atoms with E-state index in [2.05, 4.69) is 138 Å². The summed E-state index contributed by atoms with van der Waals surface area (Å²) in [5.41, 5.74) is 13.9. The first-order chi connectivity index (χ1) is 26.5. The molecule has 0 unspecified atom stereocenters. The van der Waals surface area contributed by atoms with Crippen LogP contribution in [0.1, 0.15) is 16.7 Å². The molecule has 4 aromatic heterocycles. The van der Waals surface area contributed by atoms with Gasteiger partial charge in [-0.25, -0.2) is 15.0 Å². The molecule has 264 valence electrons. The number of para-hydroxylation sites is 3. The Kier molecular flexibility index (Phi) is 10.8. The van der Waals surface area contributed by atoms with Crippen LogP contribution in [0, 0.1) is 20.8 Å². The predicted octanol–water partition coefficient (Wildman–Crippen LogP) is 12.0. The van der Waals surface area contributed by atoms with Gasteiger partial charge >= 0.3 is 0 Å². The van der Waals surface area contributed by atoms with Gasteiger partial charge in [0.05, 0.1) is 11.0 Å². The van der Waals surface area contributed by atoms with Gasteiger partial charge in [0.2, 0.25) is 0 Å². The number of hydrogen-bond acceptors (Lipinski definition) is 5. The summed E-state index contributed by atoms with van der Waals surface area (Å²) in [5, 5.41) is 10.3. The minimum atomic E-state index is 0.600. The normalized spacial score (nSPS) is 10.6. The second-order valence-electron chi connectivity index (χ2n) is 13.0. The zero-order chi connectivity index (χ0) is 37.3. The SMILES string of the molecule is Cc1ccccc1C.Cc1ccccc1Nc1nccc2ccccc12.Nc1nccc2ccccc12.c1ccc2c(c1)ccn1c3ccccc3nc21. The Hall–Kier alpha value is -7.05. The van der Waals surface area contributed by atoms with Gasteiger partial charge in [-0.05, 0) is 90.0 Å². The number of nitrogens with one attached hydrogen (secondary N) is 1. The molecule has 0 amide bonds. The molecule has 0 aliphatic heterocycles. The Labute approximate surface area is 315 Å². The summed E-state index contributed by atoms with van der Waals surface area (Å²) in [6.45, 7) is 6.33. The van der Waals surface area contributed by atoms with Gasteiger partial charge in [0.15, 0.2) is 0 Å². The van der Waals surface area contributed by atoms with Crippen LogP contribution >= 0.6 is 0 Å². The van der Waals surface area contributed by atoms with Crippen molar-refractivity contribution in [3.63, 3.8) is 0 Å². The third kappa shape index (κ3) is 8.04. The van der Waals surface area contributed by atoms with Crippen LogP contribution in [0.15, 0.2) is 182 Å². The maximum Gasteiger partial charge on any atom is 0.145 e. The summed E-state index contributed by atoms with van der Waals surface area (Å²) < 4.78 is 2.15. The van der Waals surface area contributed by atoms with Crippen LogP contribution in [0.2, 0.25) is 0 Å². The molecule has 0 spiro atoms. The minimum absolute atomic E-state index is 0.600. The van der Waals surface area contributed by atoms with E-state index in [1.54, 1.807) is 6.20 Å². The topological polar surface area (TPSA) is 81.1 Å². The first kappa shape index (κ1) is 35.4. The van der Waals surface area contributed by atoms with Gasteiger partial charge in [-0.2, -0.15) is 0 Å². The maximum absolute atomic E-state index is 5.65. The van der Waals surface area contributed by atoms with Crippen molar-refractivity contribution in [2.75, 3.05) is 11.1 Å². The number of pyridine rings is 3. The van der Waals surface area contributed by atoms with Crippen molar-refractivity contribution in [1.29, 1.82) is 0 Å². The van der Waals surface area contributed by atoms with Crippen molar-refractivity contribution in [3.8, 4) is 0 Å². The second kappa shape index (κ2) is 16.5. The molecule has 0 fully saturated rings. The lowest BCUT2D eigenvalue weighted by Crippen LogP contribution is -1.96. The van der Waals surface area contributed by atoms with Gasteiger partial charge in [0.25, 0.3) is 0 Å². The van der Waals surface area contributed by atoms with Gasteiger partial charge in [-0.15, -0.1) is 0 Å². The zero-order valence-corrected chi connectivity index (χ0v) is 30.7. The highest BCUT2D eigenvalue weighted by molar-refractivity contribution is 5.98. The standard InChI is InChI=1S/C16H14N2.C15H10N2.C9H8N2.C8H10/c1-12-6-2-5-9-15(12)18-16-14-8-4-3-7-13(14)10-11-17-16;1-2-6-12-11(5-1)9-10-17-14-8-4-3-7-13(14)16-15(12)17;10-9-8-4-2-1-3-7(8)5-6-11-9;1-7-5-3-4-6-8(7)2/h2-11H,1H3,(H,17,18);1-10H;1-6H,(H2,10,11);3-6H,1-2H3. The van der Waals surface area contributed by atoms with Crippen molar-refractivity contribution in [3.05, 3.63) is 199 Å². The molecule has 0 saturated heterocycles. The fraction of sp³-hybridized carbons (Fsp3) is 0.0625. The van der Waals surface area contributed by atoms with Gasteiger partial charge in [0.1, 0.15) is 17.3 Å². The summed E-state index contributed by atoms with van der Waals surface area (Å²) in [6.07, 6.45) is 5.65. The summed E-state index contributed by atoms with van der Waals surface area (Å²) in [6, 6.07) is 55.5. The molecule has 6 aromatic carbocycles. The van der Waals surface area contributed by atoms with Crippen LogP contribution < -0.4 is 11.1 Å². The average molecular weight is 703 g/mol. The van der Waals surface area contributed by atoms with Crippen LogP contribution in [0.4, 0.5) is 17.3 Å². The van der Waals surface area contributed by atoms with Crippen LogP contribution in [0.3, 0.4) is 0 Å². The minimum Gasteiger partial charge on any atom is -0.383 e. The molecule has 6 heteroatoms. The fourth-order valence-corrected chi connectivity index (χ4v) is 6.25. The van der Waals surface area contributed by atoms with E-state index in [9.17, 15) is 0 Å². The van der Waals surface area contributed by atoms with Crippen molar-refractivity contribution in [1.82, 2.24) is 19.4 Å². The summed E-state index contributed by atoms with van der Waals surface area (Å²) in [5.74, 6) is 1.51. The lowest BCUT2D eigenvalue weighted by atomic mass is 10.1. The van der Waals surface area contributed by atoms with Gasteiger partial charge in [0, 0.05) is 40.4 Å². The maximum atomic E-state index is 5.65. The molecule has 0 saturated carbocycles. The van der Waals surface area contributed by atoms with E-state index >= 15 is 0 Å². The number of fused-ring (bicyclic) bond motifs is 7. The number of aryl methyl sites for hydroxylation is 3. The van der Waals surface area contributed by atoms with E-state index in [0.717, 1.165) is 44.3 Å². The number of nitrogens with two attached hydrogens (primary N) is 1. The zero-order valence-electron chi connectivity index (χ0n) is 30.7. The third-order valence-electron chi connectivity index (χ3n) is 9.40. The summed E-state index contributed by atoms with van der Waals surface area (Å²) in [7, 11) is 0. The largest absolute Gasteiger partial charge is 0.383 e. The Balaban J connectivity index is 0.000000116. The van der Waals surface area contributed by atoms with Crippen LogP contribution in [0.25, 0.3) is 49.0 Å². The Morgan fingerprint density at radius 2 is 1.00 bits per heavy atom. The molecule has 6 nitrogen and oxygen atoms in total. The Morgan fingerprint density at radius 1 is 0.481 bits per heavy atom. The Bertz CT molecular complexity index is 2790. The molecule has 0 aliphatic carbocycles. The summed E-state index contributed by atoms with van der Waals surface area (Å²) in [4.78, 5) is 13.1. The molecule has 0 aliphatic rings. The number of benzene rings is 6. The highest BCUT2D eigenvalue weighted by Gasteiger charge is 2.06. The van der Waals surface area contributed by atoms with E-state index in [4.69, 9.17) is 10.7 Å². The first-order valence-corrected chi connectivity index (χ1v) is 18.0. The monoisotopic (exact) mass is 702 g/mol. The number of anilines is 3. The van der Waals surface area contributed by atoms with E-state index in [1.165, 1.54) is 32.8 Å². The average Bonchev–Trinajstić information content (AvgIpc) is 3.61. The molecular formula is C48H42N6. The molecule has 54 heavy (non-hydrogen) atoms. The third-order valence-corrected chi connectivity index (χ3v) is 9.40. The predicted molar refractivity (Wildman–Crippen MR) is 228 cm³/mol. The van der Waals surface area contributed by atoms with Crippen molar-refractivity contribution in [2.24, 2.45) is 0 Å². The van der Waals surface area contributed by atoms with Crippen molar-refractivity contribution < 1.29 is 0 Å². The number of rotatable bonds is 2. The smallest absolute Gasteiger partial charge is 0.145 e. The lowest BCUT2D eigenvalue weighted by molar-refractivity contribution is 1.25. The number of hydrogen-bond donors (Lipinski definition) is 2. The molecule has 4 heterocycles. The molecule has 0 radical (unpaired) electrons. The molecule has 10 aromatic rings. The number of nitrogen functional groups attached to an aromatic ring is 1. The molecule has 10 rings (SSSR count). The van der Waals surface area contributed by atoms with Gasteiger partial charge in [-0.3, -0.25) is 4.40 Å². The summed E-state index contributed by atoms with van der Waals surface area (Å²) >= 11 is 0.